The number of imidazole rings is 1. The molecule has 6 rings (SSSR count). The summed E-state index contributed by atoms with van der Waals surface area (Å²) in [7, 11) is 3.60. The molecule has 3 heterocycles. The van der Waals surface area contributed by atoms with Crippen molar-refractivity contribution in [3.8, 4) is 22.6 Å². The number of nitrogens with zero attached hydrogens (tertiary/aromatic N) is 4. The first-order valence-electron chi connectivity index (χ1n) is 14.9. The van der Waals surface area contributed by atoms with Gasteiger partial charge in [0.05, 0.1) is 23.6 Å². The third-order valence-electron chi connectivity index (χ3n) is 8.86. The van der Waals surface area contributed by atoms with Crippen LogP contribution in [-0.2, 0) is 10.9 Å². The van der Waals surface area contributed by atoms with Crippen LogP contribution in [0.15, 0.2) is 48.5 Å². The standard InChI is InChI=1S/C33H35F4N5O2/c1-41(19-32(20-44-2)11-6-12-32)27-18-26(23-15-24(33(35,36)37)17-25(34)16-23)38-30-28(27)39-29(40-30)21-7-9-22(10-8-21)31(43)42-13-4-3-5-14-42/h7-10,15-18H,3-6,11-14,19-20H2,1-2H3,(H,38,39,40). The van der Waals surface area contributed by atoms with Crippen molar-refractivity contribution < 1.29 is 27.1 Å². The molecule has 44 heavy (non-hydrogen) atoms. The number of hydrogen-bond donors (Lipinski definition) is 1. The molecular weight excluding hydrogens is 574 g/mol. The molecule has 1 saturated heterocycles. The zero-order valence-electron chi connectivity index (χ0n) is 24.8. The van der Waals surface area contributed by atoms with Gasteiger partial charge in [-0.15, -0.1) is 0 Å². The number of H-pyrrole nitrogens is 1. The van der Waals surface area contributed by atoms with Crippen LogP contribution in [0.2, 0.25) is 0 Å². The van der Waals surface area contributed by atoms with Crippen molar-refractivity contribution in [1.29, 1.82) is 0 Å². The van der Waals surface area contributed by atoms with Crippen molar-refractivity contribution in [3.63, 3.8) is 0 Å². The number of carbonyl (C=O) groups excluding carboxylic acids is 1. The number of benzene rings is 2. The van der Waals surface area contributed by atoms with Crippen LogP contribution < -0.4 is 4.90 Å². The molecule has 7 nitrogen and oxygen atoms in total. The van der Waals surface area contributed by atoms with E-state index in [-0.39, 0.29) is 22.6 Å². The molecule has 0 unspecified atom stereocenters. The Labute approximate surface area is 253 Å². The van der Waals surface area contributed by atoms with Crippen LogP contribution >= 0.6 is 0 Å². The van der Waals surface area contributed by atoms with Crippen LogP contribution in [0.5, 0.6) is 0 Å². The number of methoxy groups -OCH3 is 1. The number of fused-ring (bicyclic) bond motifs is 1. The molecule has 0 bridgehead atoms. The summed E-state index contributed by atoms with van der Waals surface area (Å²) in [5.41, 5.74) is 1.98. The smallest absolute Gasteiger partial charge is 0.384 e. The van der Waals surface area contributed by atoms with Crippen molar-refractivity contribution in [3.05, 3.63) is 65.5 Å². The van der Waals surface area contributed by atoms with Crippen molar-refractivity contribution in [2.75, 3.05) is 45.3 Å². The highest BCUT2D eigenvalue weighted by atomic mass is 19.4. The van der Waals surface area contributed by atoms with E-state index in [1.165, 1.54) is 0 Å². The van der Waals surface area contributed by atoms with E-state index in [9.17, 15) is 22.4 Å². The molecule has 2 aromatic heterocycles. The summed E-state index contributed by atoms with van der Waals surface area (Å²) in [5, 5.41) is 0. The lowest BCUT2D eigenvalue weighted by molar-refractivity contribution is -0.137. The van der Waals surface area contributed by atoms with Crippen molar-refractivity contribution in [2.45, 2.75) is 44.7 Å². The maximum Gasteiger partial charge on any atom is 0.416 e. The first kappa shape index (κ1) is 30.1. The van der Waals surface area contributed by atoms with E-state index in [0.29, 0.717) is 47.5 Å². The fraction of sp³-hybridized carbons (Fsp3) is 0.424. The molecule has 4 aromatic rings. The Hall–Kier alpha value is -3.99. The number of ether oxygens (including phenoxy) is 1. The largest absolute Gasteiger partial charge is 0.416 e. The van der Waals surface area contributed by atoms with Crippen LogP contribution in [0, 0.1) is 11.2 Å². The van der Waals surface area contributed by atoms with Gasteiger partial charge < -0.3 is 19.5 Å². The average molecular weight is 610 g/mol. The normalized spacial score (nSPS) is 16.6. The lowest BCUT2D eigenvalue weighted by atomic mass is 9.69. The van der Waals surface area contributed by atoms with E-state index < -0.39 is 17.6 Å². The van der Waals surface area contributed by atoms with Crippen LogP contribution in [-0.4, -0.2) is 66.2 Å². The summed E-state index contributed by atoms with van der Waals surface area (Å²) < 4.78 is 60.6. The zero-order chi connectivity index (χ0) is 31.1. The number of anilines is 1. The van der Waals surface area contributed by atoms with Crippen LogP contribution in [0.4, 0.5) is 23.2 Å². The molecule has 1 aliphatic heterocycles. The molecule has 11 heteroatoms. The second-order valence-electron chi connectivity index (χ2n) is 12.1. The molecule has 1 N–H and O–H groups in total. The van der Waals surface area contributed by atoms with Gasteiger partial charge >= 0.3 is 6.18 Å². The number of nitrogens with one attached hydrogen (secondary N) is 1. The zero-order valence-corrected chi connectivity index (χ0v) is 24.8. The fourth-order valence-electron chi connectivity index (χ4n) is 6.43. The number of aromatic amines is 1. The Morgan fingerprint density at radius 2 is 1.73 bits per heavy atom. The predicted molar refractivity (Wildman–Crippen MR) is 161 cm³/mol. The number of carbonyl (C=O) groups is 1. The van der Waals surface area contributed by atoms with Crippen LogP contribution in [0.25, 0.3) is 33.8 Å². The number of rotatable bonds is 8. The molecular formula is C33H35F4N5O2. The lowest BCUT2D eigenvalue weighted by Gasteiger charge is -2.44. The van der Waals surface area contributed by atoms with Crippen LogP contribution in [0.3, 0.4) is 0 Å². The van der Waals surface area contributed by atoms with Gasteiger partial charge in [-0.25, -0.2) is 14.4 Å². The number of alkyl halides is 3. The number of aromatic nitrogens is 3. The molecule has 0 spiro atoms. The number of halogens is 4. The topological polar surface area (TPSA) is 74.3 Å². The summed E-state index contributed by atoms with van der Waals surface area (Å²) in [4.78, 5) is 29.5. The number of likely N-dealkylation sites (tertiary alicyclic amines) is 1. The van der Waals surface area contributed by atoms with Crippen molar-refractivity contribution in [2.24, 2.45) is 5.41 Å². The Balaban J connectivity index is 1.40. The van der Waals surface area contributed by atoms with E-state index in [1.807, 2.05) is 29.0 Å². The van der Waals surface area contributed by atoms with E-state index >= 15 is 0 Å². The second kappa shape index (κ2) is 11.8. The maximum atomic E-state index is 14.4. The molecule has 2 aliphatic rings. The molecule has 1 saturated carbocycles. The van der Waals surface area contributed by atoms with Gasteiger partial charge in [0, 0.05) is 55.9 Å². The summed E-state index contributed by atoms with van der Waals surface area (Å²) in [5.74, 6) is -0.492. The third-order valence-corrected chi connectivity index (χ3v) is 8.86. The molecule has 0 radical (unpaired) electrons. The third kappa shape index (κ3) is 6.02. The highest BCUT2D eigenvalue weighted by molar-refractivity contribution is 5.95. The molecule has 1 aliphatic carbocycles. The molecule has 1 amide bonds. The Bertz CT molecular complexity index is 1660. The minimum Gasteiger partial charge on any atom is -0.384 e. The van der Waals surface area contributed by atoms with E-state index in [2.05, 4.69) is 9.97 Å². The summed E-state index contributed by atoms with van der Waals surface area (Å²) in [6.45, 7) is 2.76. The van der Waals surface area contributed by atoms with E-state index in [1.54, 1.807) is 25.3 Å². The molecule has 2 fully saturated rings. The maximum absolute atomic E-state index is 14.4. The van der Waals surface area contributed by atoms with Gasteiger partial charge in [-0.1, -0.05) is 18.6 Å². The fourth-order valence-corrected chi connectivity index (χ4v) is 6.43. The summed E-state index contributed by atoms with van der Waals surface area (Å²) in [6, 6.07) is 11.3. The first-order valence-corrected chi connectivity index (χ1v) is 14.9. The van der Waals surface area contributed by atoms with Gasteiger partial charge in [-0.2, -0.15) is 13.2 Å². The molecule has 0 atom stereocenters. The summed E-state index contributed by atoms with van der Waals surface area (Å²) in [6.07, 6.45) is 1.55. The second-order valence-corrected chi connectivity index (χ2v) is 12.1. The quantitative estimate of drug-likeness (QED) is 0.212. The monoisotopic (exact) mass is 609 g/mol. The van der Waals surface area contributed by atoms with Gasteiger partial charge in [0.1, 0.15) is 17.2 Å². The van der Waals surface area contributed by atoms with Crippen molar-refractivity contribution >= 4 is 22.8 Å². The van der Waals surface area contributed by atoms with E-state index in [4.69, 9.17) is 9.72 Å². The van der Waals surface area contributed by atoms with Gasteiger partial charge in [0.2, 0.25) is 0 Å². The van der Waals surface area contributed by atoms with Gasteiger partial charge in [0.15, 0.2) is 5.65 Å². The number of amides is 1. The minimum absolute atomic E-state index is 0.00498. The minimum atomic E-state index is -4.71. The SMILES string of the molecule is COCC1(CN(C)c2cc(-c3cc(F)cc(C(F)(F)F)c3)nc3nc(-c4ccc(C(=O)N5CCCCC5)cc4)[nH]c23)CCC1. The van der Waals surface area contributed by atoms with Gasteiger partial charge in [-0.3, -0.25) is 4.79 Å². The highest BCUT2D eigenvalue weighted by Gasteiger charge is 2.38. The average Bonchev–Trinajstić information content (AvgIpc) is 3.43. The molecule has 2 aromatic carbocycles. The Morgan fingerprint density at radius 3 is 2.36 bits per heavy atom. The van der Waals surface area contributed by atoms with Crippen LogP contribution in [0.1, 0.15) is 54.4 Å². The number of piperidine rings is 1. The number of pyridine rings is 1. The van der Waals surface area contributed by atoms with E-state index in [0.717, 1.165) is 69.3 Å². The highest BCUT2D eigenvalue weighted by Crippen LogP contribution is 2.43. The molecule has 232 valence electrons. The first-order chi connectivity index (χ1) is 21.0. The van der Waals surface area contributed by atoms with Crippen molar-refractivity contribution in [1.82, 2.24) is 19.9 Å². The lowest BCUT2D eigenvalue weighted by Crippen LogP contribution is -2.44. The number of hydrogen-bond acceptors (Lipinski definition) is 5. The predicted octanol–water partition coefficient (Wildman–Crippen LogP) is 7.33. The van der Waals surface area contributed by atoms with Gasteiger partial charge in [0.25, 0.3) is 5.91 Å². The summed E-state index contributed by atoms with van der Waals surface area (Å²) >= 11 is 0. The Kier molecular flexibility index (Phi) is 8.08. The Morgan fingerprint density at radius 1 is 1.00 bits per heavy atom. The van der Waals surface area contributed by atoms with Gasteiger partial charge in [-0.05, 0) is 68.5 Å².